The standard InChI is InChI=1S/C16H26N2/c1-13(2)12-18(15-7-3-4-8-15)16-9-5-6-14(10-16)11-17/h5-6,9-10,13,15H,3-4,7-8,11-12,17H2,1-2H3. The van der Waals surface area contributed by atoms with Crippen molar-refractivity contribution in [3.8, 4) is 0 Å². The molecule has 100 valence electrons. The average Bonchev–Trinajstić information content (AvgIpc) is 2.89. The van der Waals surface area contributed by atoms with Crippen LogP contribution in [-0.4, -0.2) is 12.6 Å². The van der Waals surface area contributed by atoms with Gasteiger partial charge in [-0.2, -0.15) is 0 Å². The Labute approximate surface area is 111 Å². The maximum absolute atomic E-state index is 5.76. The maximum atomic E-state index is 5.76. The van der Waals surface area contributed by atoms with Crippen LogP contribution in [0, 0.1) is 5.92 Å². The third-order valence-corrected chi connectivity index (χ3v) is 3.81. The highest BCUT2D eigenvalue weighted by Crippen LogP contribution is 2.29. The molecule has 2 N–H and O–H groups in total. The molecule has 18 heavy (non-hydrogen) atoms. The summed E-state index contributed by atoms with van der Waals surface area (Å²) in [5.74, 6) is 0.701. The highest BCUT2D eigenvalue weighted by molar-refractivity contribution is 5.49. The molecule has 1 aliphatic carbocycles. The zero-order chi connectivity index (χ0) is 13.0. The van der Waals surface area contributed by atoms with Crippen molar-refractivity contribution < 1.29 is 0 Å². The van der Waals surface area contributed by atoms with E-state index in [0.29, 0.717) is 12.5 Å². The molecule has 2 rings (SSSR count). The summed E-state index contributed by atoms with van der Waals surface area (Å²) in [6.07, 6.45) is 5.46. The molecule has 0 amide bonds. The van der Waals surface area contributed by atoms with Gasteiger partial charge in [0.15, 0.2) is 0 Å². The summed E-state index contributed by atoms with van der Waals surface area (Å²) < 4.78 is 0. The molecule has 1 aromatic carbocycles. The lowest BCUT2D eigenvalue weighted by Gasteiger charge is -2.33. The zero-order valence-corrected chi connectivity index (χ0v) is 11.7. The predicted molar refractivity (Wildman–Crippen MR) is 78.8 cm³/mol. The summed E-state index contributed by atoms with van der Waals surface area (Å²) in [6, 6.07) is 9.49. The van der Waals surface area contributed by atoms with Crippen LogP contribution in [0.4, 0.5) is 5.69 Å². The molecule has 0 radical (unpaired) electrons. The van der Waals surface area contributed by atoms with Crippen LogP contribution in [0.3, 0.4) is 0 Å². The molecule has 0 bridgehead atoms. The lowest BCUT2D eigenvalue weighted by Crippen LogP contribution is -2.36. The van der Waals surface area contributed by atoms with Crippen molar-refractivity contribution in [2.24, 2.45) is 11.7 Å². The second kappa shape index (κ2) is 6.24. The van der Waals surface area contributed by atoms with E-state index in [9.17, 15) is 0 Å². The second-order valence-corrected chi connectivity index (χ2v) is 5.86. The van der Waals surface area contributed by atoms with Crippen LogP contribution in [0.1, 0.15) is 45.1 Å². The van der Waals surface area contributed by atoms with E-state index in [2.05, 4.69) is 43.0 Å². The number of hydrogen-bond donors (Lipinski definition) is 1. The Morgan fingerprint density at radius 3 is 2.61 bits per heavy atom. The number of hydrogen-bond acceptors (Lipinski definition) is 2. The monoisotopic (exact) mass is 246 g/mol. The van der Waals surface area contributed by atoms with Crippen LogP contribution < -0.4 is 10.6 Å². The molecule has 1 fully saturated rings. The maximum Gasteiger partial charge on any atom is 0.0372 e. The normalized spacial score (nSPS) is 16.4. The Balaban J connectivity index is 2.20. The van der Waals surface area contributed by atoms with Gasteiger partial charge in [0.25, 0.3) is 0 Å². The first kappa shape index (κ1) is 13.4. The Hall–Kier alpha value is -1.02. The minimum absolute atomic E-state index is 0.633. The van der Waals surface area contributed by atoms with Gasteiger partial charge in [-0.05, 0) is 36.5 Å². The average molecular weight is 246 g/mol. The van der Waals surface area contributed by atoms with Crippen molar-refractivity contribution in [1.29, 1.82) is 0 Å². The van der Waals surface area contributed by atoms with Gasteiger partial charge in [0.2, 0.25) is 0 Å². The smallest absolute Gasteiger partial charge is 0.0372 e. The summed E-state index contributed by atoms with van der Waals surface area (Å²) in [5.41, 5.74) is 8.35. The second-order valence-electron chi connectivity index (χ2n) is 5.86. The van der Waals surface area contributed by atoms with Crippen molar-refractivity contribution in [3.63, 3.8) is 0 Å². The molecule has 0 atom stereocenters. The van der Waals surface area contributed by atoms with Gasteiger partial charge in [-0.1, -0.05) is 38.8 Å². The van der Waals surface area contributed by atoms with Crippen molar-refractivity contribution in [1.82, 2.24) is 0 Å². The zero-order valence-electron chi connectivity index (χ0n) is 11.7. The van der Waals surface area contributed by atoms with E-state index in [0.717, 1.165) is 12.6 Å². The Morgan fingerprint density at radius 1 is 1.28 bits per heavy atom. The van der Waals surface area contributed by atoms with Crippen LogP contribution in [0.15, 0.2) is 24.3 Å². The van der Waals surface area contributed by atoms with E-state index < -0.39 is 0 Å². The summed E-state index contributed by atoms with van der Waals surface area (Å²) in [4.78, 5) is 2.61. The Kier molecular flexibility index (Phi) is 4.65. The van der Waals surface area contributed by atoms with Crippen molar-refractivity contribution in [2.45, 2.75) is 52.1 Å². The van der Waals surface area contributed by atoms with E-state index in [4.69, 9.17) is 5.73 Å². The van der Waals surface area contributed by atoms with Crippen molar-refractivity contribution in [2.75, 3.05) is 11.4 Å². The first-order chi connectivity index (χ1) is 8.70. The molecule has 1 aromatic rings. The van der Waals surface area contributed by atoms with Gasteiger partial charge in [0, 0.05) is 24.8 Å². The topological polar surface area (TPSA) is 29.3 Å². The Bertz CT molecular complexity index is 367. The molecule has 1 saturated carbocycles. The molecule has 1 aliphatic rings. The van der Waals surface area contributed by atoms with Gasteiger partial charge in [-0.3, -0.25) is 0 Å². The first-order valence-electron chi connectivity index (χ1n) is 7.26. The minimum atomic E-state index is 0.633. The number of benzene rings is 1. The van der Waals surface area contributed by atoms with Crippen molar-refractivity contribution in [3.05, 3.63) is 29.8 Å². The SMILES string of the molecule is CC(C)CN(c1cccc(CN)c1)C1CCCC1. The first-order valence-corrected chi connectivity index (χ1v) is 7.26. The van der Waals surface area contributed by atoms with E-state index in [1.54, 1.807) is 0 Å². The fourth-order valence-electron chi connectivity index (χ4n) is 2.94. The van der Waals surface area contributed by atoms with E-state index in [1.165, 1.54) is 36.9 Å². The fraction of sp³-hybridized carbons (Fsp3) is 0.625. The van der Waals surface area contributed by atoms with E-state index in [-0.39, 0.29) is 0 Å². The molecule has 0 aliphatic heterocycles. The van der Waals surface area contributed by atoms with Crippen LogP contribution in [0.2, 0.25) is 0 Å². The highest BCUT2D eigenvalue weighted by atomic mass is 15.2. The van der Waals surface area contributed by atoms with Crippen LogP contribution >= 0.6 is 0 Å². The van der Waals surface area contributed by atoms with Gasteiger partial charge < -0.3 is 10.6 Å². The molecular formula is C16H26N2. The molecule has 0 aromatic heterocycles. The van der Waals surface area contributed by atoms with Crippen LogP contribution in [-0.2, 0) is 6.54 Å². The Morgan fingerprint density at radius 2 is 2.00 bits per heavy atom. The summed E-state index contributed by atoms with van der Waals surface area (Å²) in [6.45, 7) is 6.39. The lowest BCUT2D eigenvalue weighted by atomic mass is 10.1. The van der Waals surface area contributed by atoms with Gasteiger partial charge >= 0.3 is 0 Å². The quantitative estimate of drug-likeness (QED) is 0.861. The van der Waals surface area contributed by atoms with Gasteiger partial charge in [0.05, 0.1) is 0 Å². The number of nitrogens with two attached hydrogens (primary N) is 1. The lowest BCUT2D eigenvalue weighted by molar-refractivity contribution is 0.536. The minimum Gasteiger partial charge on any atom is -0.368 e. The van der Waals surface area contributed by atoms with E-state index >= 15 is 0 Å². The largest absolute Gasteiger partial charge is 0.368 e. The molecule has 0 heterocycles. The number of nitrogens with zero attached hydrogens (tertiary/aromatic N) is 1. The fourth-order valence-corrected chi connectivity index (χ4v) is 2.94. The molecule has 0 saturated heterocycles. The molecule has 0 spiro atoms. The molecule has 2 heteroatoms. The van der Waals surface area contributed by atoms with Crippen molar-refractivity contribution >= 4 is 5.69 Å². The van der Waals surface area contributed by atoms with Gasteiger partial charge in [-0.15, -0.1) is 0 Å². The van der Waals surface area contributed by atoms with Gasteiger partial charge in [0.1, 0.15) is 0 Å². The molecule has 2 nitrogen and oxygen atoms in total. The third-order valence-electron chi connectivity index (χ3n) is 3.81. The van der Waals surface area contributed by atoms with Gasteiger partial charge in [-0.25, -0.2) is 0 Å². The number of rotatable bonds is 5. The summed E-state index contributed by atoms with van der Waals surface area (Å²) in [7, 11) is 0. The third kappa shape index (κ3) is 3.26. The number of anilines is 1. The molecule has 0 unspecified atom stereocenters. The van der Waals surface area contributed by atoms with Crippen LogP contribution in [0.25, 0.3) is 0 Å². The molecular weight excluding hydrogens is 220 g/mol. The summed E-state index contributed by atoms with van der Waals surface area (Å²) in [5, 5.41) is 0. The highest BCUT2D eigenvalue weighted by Gasteiger charge is 2.23. The van der Waals surface area contributed by atoms with Crippen LogP contribution in [0.5, 0.6) is 0 Å². The van der Waals surface area contributed by atoms with E-state index in [1.807, 2.05) is 0 Å². The predicted octanol–water partition coefficient (Wildman–Crippen LogP) is 3.55. The summed E-state index contributed by atoms with van der Waals surface area (Å²) >= 11 is 0.